The fourth-order valence-electron chi connectivity index (χ4n) is 2.11. The molecule has 0 aliphatic carbocycles. The van der Waals surface area contributed by atoms with Gasteiger partial charge in [0.25, 0.3) is 0 Å². The Morgan fingerprint density at radius 2 is 1.53 bits per heavy atom. The van der Waals surface area contributed by atoms with E-state index < -0.39 is 10.4 Å². The van der Waals surface area contributed by atoms with Gasteiger partial charge in [-0.05, 0) is 18.8 Å². The first-order valence-corrected chi connectivity index (χ1v) is 8.43. The van der Waals surface area contributed by atoms with Crippen LogP contribution in [0, 0.1) is 5.92 Å². The molecule has 0 aromatic carbocycles. The minimum absolute atomic E-state index is 0. The zero-order chi connectivity index (χ0) is 13.9. The molecule has 1 unspecified atom stereocenters. The zero-order valence-electron chi connectivity index (χ0n) is 12.7. The minimum atomic E-state index is -4.53. The first-order valence-electron chi connectivity index (χ1n) is 7.09. The summed E-state index contributed by atoms with van der Waals surface area (Å²) in [4.78, 5) is 0. The molecule has 0 amide bonds. The van der Waals surface area contributed by atoms with Crippen molar-refractivity contribution in [2.75, 3.05) is 6.61 Å². The molecule has 19 heavy (non-hydrogen) atoms. The summed E-state index contributed by atoms with van der Waals surface area (Å²) in [5, 5.41) is 0. The second-order valence-electron chi connectivity index (χ2n) is 4.90. The summed E-state index contributed by atoms with van der Waals surface area (Å²) < 4.78 is 35.6. The van der Waals surface area contributed by atoms with E-state index in [9.17, 15) is 13.0 Å². The predicted octanol–water partition coefficient (Wildman–Crippen LogP) is 0.634. The van der Waals surface area contributed by atoms with Crippen molar-refractivity contribution in [1.82, 2.24) is 0 Å². The molecule has 110 valence electrons. The summed E-state index contributed by atoms with van der Waals surface area (Å²) in [7, 11) is -4.53. The molecule has 0 aromatic rings. The van der Waals surface area contributed by atoms with Crippen LogP contribution in [0.1, 0.15) is 71.6 Å². The maximum Gasteiger partial charge on any atom is 1.00 e. The molecule has 0 saturated heterocycles. The van der Waals surface area contributed by atoms with Gasteiger partial charge in [0.15, 0.2) is 0 Å². The third kappa shape index (κ3) is 16.8. The summed E-state index contributed by atoms with van der Waals surface area (Å²) >= 11 is 0. The summed E-state index contributed by atoms with van der Waals surface area (Å²) in [6, 6.07) is 0. The van der Waals surface area contributed by atoms with Crippen molar-refractivity contribution in [2.45, 2.75) is 71.6 Å². The maximum atomic E-state index is 10.4. The predicted molar refractivity (Wildman–Crippen MR) is 72.0 cm³/mol. The van der Waals surface area contributed by atoms with E-state index in [0.717, 1.165) is 25.7 Å². The number of rotatable bonds is 12. The normalized spacial score (nSPS) is 13.0. The number of unbranched alkanes of at least 4 members (excludes halogenated alkanes) is 5. The van der Waals surface area contributed by atoms with E-state index in [-0.39, 0.29) is 42.1 Å². The fraction of sp³-hybridized carbons (Fsp3) is 1.00. The van der Waals surface area contributed by atoms with Gasteiger partial charge in [0.2, 0.25) is 10.4 Å². The Labute approximate surface area is 140 Å². The largest absolute Gasteiger partial charge is 1.00 e. The van der Waals surface area contributed by atoms with E-state index in [0.29, 0.717) is 0 Å². The summed E-state index contributed by atoms with van der Waals surface area (Å²) in [5.41, 5.74) is 0. The van der Waals surface area contributed by atoms with E-state index >= 15 is 0 Å². The van der Waals surface area contributed by atoms with Crippen LogP contribution < -0.4 is 29.6 Å². The molecule has 0 bridgehead atoms. The van der Waals surface area contributed by atoms with Crippen LogP contribution in [-0.2, 0) is 14.6 Å². The van der Waals surface area contributed by atoms with Crippen molar-refractivity contribution in [3.63, 3.8) is 0 Å². The molecular weight excluding hydrogens is 275 g/mol. The smallest absolute Gasteiger partial charge is 0.726 e. The van der Waals surface area contributed by atoms with Crippen molar-refractivity contribution in [3.05, 3.63) is 0 Å². The summed E-state index contributed by atoms with van der Waals surface area (Å²) in [6.07, 6.45) is 10.2. The third-order valence-corrected chi connectivity index (χ3v) is 3.54. The van der Waals surface area contributed by atoms with E-state index in [1.165, 1.54) is 32.1 Å². The number of hydrogen-bond acceptors (Lipinski definition) is 4. The van der Waals surface area contributed by atoms with Crippen LogP contribution >= 0.6 is 0 Å². The molecule has 1 atom stereocenters. The van der Waals surface area contributed by atoms with Crippen LogP contribution in [0.15, 0.2) is 0 Å². The molecular formula is C13H27NaO4S. The molecule has 0 heterocycles. The Morgan fingerprint density at radius 3 is 2.05 bits per heavy atom. The molecule has 4 nitrogen and oxygen atoms in total. The van der Waals surface area contributed by atoms with Gasteiger partial charge in [0.1, 0.15) is 0 Å². The zero-order valence-corrected chi connectivity index (χ0v) is 15.5. The van der Waals surface area contributed by atoms with Gasteiger partial charge in [-0.1, -0.05) is 58.8 Å². The van der Waals surface area contributed by atoms with Gasteiger partial charge in [-0.25, -0.2) is 8.42 Å². The van der Waals surface area contributed by atoms with Crippen molar-refractivity contribution in [1.29, 1.82) is 0 Å². The van der Waals surface area contributed by atoms with Crippen molar-refractivity contribution in [2.24, 2.45) is 5.92 Å². The molecule has 0 fully saturated rings. The van der Waals surface area contributed by atoms with Gasteiger partial charge < -0.3 is 4.55 Å². The molecule has 0 aliphatic rings. The Bertz CT molecular complexity index is 280. The van der Waals surface area contributed by atoms with E-state index in [4.69, 9.17) is 0 Å². The monoisotopic (exact) mass is 302 g/mol. The molecule has 0 saturated carbocycles. The Hall–Kier alpha value is 0.870. The molecule has 0 spiro atoms. The van der Waals surface area contributed by atoms with Gasteiger partial charge in [-0.2, -0.15) is 0 Å². The van der Waals surface area contributed by atoms with Gasteiger partial charge in [0, 0.05) is 0 Å². The standard InChI is InChI=1S/C13H28O4S.Na/c1-3-5-6-7-8-9-11-13(10-4-2)12-17-18(14,15)16;/h13H,3-12H2,1-2H3,(H,14,15,16);/q;+1/p-1. The van der Waals surface area contributed by atoms with Crippen LogP contribution in [0.2, 0.25) is 0 Å². The molecule has 0 aliphatic heterocycles. The second-order valence-corrected chi connectivity index (χ2v) is 5.96. The number of hydrogen-bond donors (Lipinski definition) is 0. The van der Waals surface area contributed by atoms with Crippen LogP contribution in [0.3, 0.4) is 0 Å². The summed E-state index contributed by atoms with van der Waals surface area (Å²) in [6.45, 7) is 4.30. The molecule has 0 radical (unpaired) electrons. The van der Waals surface area contributed by atoms with E-state index in [2.05, 4.69) is 18.0 Å². The summed E-state index contributed by atoms with van der Waals surface area (Å²) in [5.74, 6) is 0.199. The van der Waals surface area contributed by atoms with Crippen LogP contribution in [0.25, 0.3) is 0 Å². The molecule has 0 aromatic heterocycles. The van der Waals surface area contributed by atoms with E-state index in [1.54, 1.807) is 0 Å². The van der Waals surface area contributed by atoms with Gasteiger partial charge in [0.05, 0.1) is 6.61 Å². The van der Waals surface area contributed by atoms with Crippen LogP contribution in [0.5, 0.6) is 0 Å². The Kier molecular flexibility index (Phi) is 16.1. The topological polar surface area (TPSA) is 66.4 Å². The van der Waals surface area contributed by atoms with Crippen LogP contribution in [0.4, 0.5) is 0 Å². The molecule has 0 N–H and O–H groups in total. The van der Waals surface area contributed by atoms with Gasteiger partial charge in [-0.15, -0.1) is 0 Å². The molecule has 6 heteroatoms. The van der Waals surface area contributed by atoms with Crippen molar-refractivity contribution >= 4 is 10.4 Å². The van der Waals surface area contributed by atoms with Crippen molar-refractivity contribution in [3.8, 4) is 0 Å². The van der Waals surface area contributed by atoms with Crippen LogP contribution in [-0.4, -0.2) is 19.6 Å². The first kappa shape index (κ1) is 22.2. The average molecular weight is 302 g/mol. The first-order chi connectivity index (χ1) is 8.49. The minimum Gasteiger partial charge on any atom is -0.726 e. The van der Waals surface area contributed by atoms with Gasteiger partial charge in [-0.3, -0.25) is 4.18 Å². The van der Waals surface area contributed by atoms with Crippen molar-refractivity contribution < 1.29 is 46.7 Å². The maximum absolute atomic E-state index is 10.4. The van der Waals surface area contributed by atoms with E-state index in [1.807, 2.05) is 0 Å². The van der Waals surface area contributed by atoms with Gasteiger partial charge >= 0.3 is 29.6 Å². The third-order valence-electron chi connectivity index (χ3n) is 3.11. The quantitative estimate of drug-likeness (QED) is 0.230. The second kappa shape index (κ2) is 13.8. The molecule has 0 rings (SSSR count). The average Bonchev–Trinajstić information content (AvgIpc) is 2.29. The fourth-order valence-corrected chi connectivity index (χ4v) is 2.47. The SMILES string of the molecule is CCCCCCCCC(CCC)COS(=O)(=O)[O-].[Na+]. The Morgan fingerprint density at radius 1 is 0.947 bits per heavy atom. The Balaban J connectivity index is 0.